The molecule has 0 aliphatic heterocycles. The van der Waals surface area contributed by atoms with E-state index in [0.29, 0.717) is 11.5 Å². The molecule has 0 aliphatic carbocycles. The second-order valence-corrected chi connectivity index (χ2v) is 2.78. The van der Waals surface area contributed by atoms with E-state index in [2.05, 4.69) is 15.2 Å². The van der Waals surface area contributed by atoms with E-state index in [9.17, 15) is 0 Å². The molecule has 3 rings (SSSR count). The van der Waals surface area contributed by atoms with Gasteiger partial charge < -0.3 is 8.83 Å². The lowest BCUT2D eigenvalue weighted by atomic mass is 10.2. The van der Waals surface area contributed by atoms with Crippen LogP contribution in [0.25, 0.3) is 22.6 Å². The number of nitrogens with zero attached hydrogens (tertiary/aromatic N) is 3. The van der Waals surface area contributed by atoms with Crippen LogP contribution in [0.1, 0.15) is 0 Å². The average Bonchev–Trinajstić information content (AvgIpc) is 2.88. The molecule has 14 heavy (non-hydrogen) atoms. The predicted molar refractivity (Wildman–Crippen MR) is 47.3 cm³/mol. The first-order valence-corrected chi connectivity index (χ1v) is 4.03. The Balaban J connectivity index is 2.23. The number of benzene rings is 1. The summed E-state index contributed by atoms with van der Waals surface area (Å²) in [5, 5.41) is 7.40. The minimum atomic E-state index is 0.475. The number of oxazole rings is 1. The Bertz CT molecular complexity index is 556. The fraction of sp³-hybridized carbons (Fsp3) is 0. The van der Waals surface area contributed by atoms with Crippen LogP contribution in [0.2, 0.25) is 0 Å². The van der Waals surface area contributed by atoms with Gasteiger partial charge in [-0.1, -0.05) is 0 Å². The largest absolute Gasteiger partial charge is 0.443 e. The quantitative estimate of drug-likeness (QED) is 0.581. The van der Waals surface area contributed by atoms with E-state index in [4.69, 9.17) is 8.83 Å². The fourth-order valence-electron chi connectivity index (χ4n) is 1.29. The maximum Gasteiger partial charge on any atom is 0.247 e. The normalized spacial score (nSPS) is 10.9. The zero-order valence-electron chi connectivity index (χ0n) is 7.04. The van der Waals surface area contributed by atoms with Crippen molar-refractivity contribution in [1.82, 2.24) is 15.2 Å². The third kappa shape index (κ3) is 0.990. The molecule has 0 fully saturated rings. The summed E-state index contributed by atoms with van der Waals surface area (Å²) < 4.78 is 10.2. The van der Waals surface area contributed by atoms with Crippen LogP contribution in [0.3, 0.4) is 0 Å². The van der Waals surface area contributed by atoms with E-state index in [0.717, 1.165) is 11.1 Å². The first-order chi connectivity index (χ1) is 6.93. The third-order valence-corrected chi connectivity index (χ3v) is 1.94. The highest BCUT2D eigenvalue weighted by atomic mass is 16.4. The summed E-state index contributed by atoms with van der Waals surface area (Å²) in [6, 6.07) is 5.52. The molecule has 2 heterocycles. The van der Waals surface area contributed by atoms with Crippen molar-refractivity contribution in [2.24, 2.45) is 0 Å². The van der Waals surface area contributed by atoms with Crippen molar-refractivity contribution in [2.45, 2.75) is 0 Å². The highest BCUT2D eigenvalue weighted by molar-refractivity contribution is 5.77. The van der Waals surface area contributed by atoms with Crippen molar-refractivity contribution < 1.29 is 8.83 Å². The van der Waals surface area contributed by atoms with E-state index in [1.54, 1.807) is 0 Å². The van der Waals surface area contributed by atoms with Gasteiger partial charge in [-0.05, 0) is 18.2 Å². The first kappa shape index (κ1) is 7.25. The summed E-state index contributed by atoms with van der Waals surface area (Å²) in [5.74, 6) is 0.475. The minimum absolute atomic E-state index is 0.475. The molecule has 5 nitrogen and oxygen atoms in total. The van der Waals surface area contributed by atoms with Crippen LogP contribution in [0.5, 0.6) is 0 Å². The molecular weight excluding hydrogens is 182 g/mol. The summed E-state index contributed by atoms with van der Waals surface area (Å²) in [5.41, 5.74) is 2.35. The fourth-order valence-corrected chi connectivity index (χ4v) is 1.29. The highest BCUT2D eigenvalue weighted by Gasteiger charge is 2.05. The lowest BCUT2D eigenvalue weighted by molar-refractivity contribution is 0.568. The third-order valence-electron chi connectivity index (χ3n) is 1.94. The summed E-state index contributed by atoms with van der Waals surface area (Å²) in [6.45, 7) is 0. The van der Waals surface area contributed by atoms with Crippen molar-refractivity contribution in [3.05, 3.63) is 31.0 Å². The van der Waals surface area contributed by atoms with Crippen molar-refractivity contribution in [2.75, 3.05) is 0 Å². The molecule has 0 unspecified atom stereocenters. The van der Waals surface area contributed by atoms with Crippen LogP contribution in [-0.2, 0) is 0 Å². The van der Waals surface area contributed by atoms with Crippen molar-refractivity contribution >= 4 is 11.1 Å². The van der Waals surface area contributed by atoms with Crippen LogP contribution in [0.15, 0.2) is 39.8 Å². The van der Waals surface area contributed by atoms with Gasteiger partial charge in [-0.25, -0.2) is 4.98 Å². The van der Waals surface area contributed by atoms with E-state index in [-0.39, 0.29) is 0 Å². The molecule has 3 aromatic rings. The molecule has 68 valence electrons. The molecule has 0 amide bonds. The van der Waals surface area contributed by atoms with E-state index >= 15 is 0 Å². The van der Waals surface area contributed by atoms with Gasteiger partial charge in [0.25, 0.3) is 0 Å². The summed E-state index contributed by atoms with van der Waals surface area (Å²) in [7, 11) is 0. The monoisotopic (exact) mass is 187 g/mol. The lowest BCUT2D eigenvalue weighted by Gasteiger charge is -1.92. The summed E-state index contributed by atoms with van der Waals surface area (Å²) in [4.78, 5) is 4.01. The van der Waals surface area contributed by atoms with Gasteiger partial charge in [0, 0.05) is 5.56 Å². The molecular formula is C9H5N3O2. The molecule has 5 heteroatoms. The topological polar surface area (TPSA) is 65.0 Å². The number of rotatable bonds is 1. The smallest absolute Gasteiger partial charge is 0.247 e. The Morgan fingerprint density at radius 1 is 1.07 bits per heavy atom. The number of hydrogen-bond donors (Lipinski definition) is 0. The van der Waals surface area contributed by atoms with Crippen LogP contribution < -0.4 is 0 Å². The molecule has 0 spiro atoms. The molecule has 0 aliphatic rings. The molecule has 0 atom stereocenters. The molecule has 1 aromatic carbocycles. The van der Waals surface area contributed by atoms with Crippen molar-refractivity contribution in [3.8, 4) is 11.5 Å². The Morgan fingerprint density at radius 2 is 2.07 bits per heavy atom. The van der Waals surface area contributed by atoms with Gasteiger partial charge in [-0.3, -0.25) is 0 Å². The Morgan fingerprint density at radius 3 is 2.93 bits per heavy atom. The molecule has 0 bridgehead atoms. The second-order valence-electron chi connectivity index (χ2n) is 2.78. The van der Waals surface area contributed by atoms with Gasteiger partial charge in [-0.15, -0.1) is 10.2 Å². The highest BCUT2D eigenvalue weighted by Crippen LogP contribution is 2.21. The first-order valence-electron chi connectivity index (χ1n) is 4.03. The van der Waals surface area contributed by atoms with Gasteiger partial charge in [0.2, 0.25) is 12.3 Å². The van der Waals surface area contributed by atoms with Gasteiger partial charge in [-0.2, -0.15) is 0 Å². The van der Waals surface area contributed by atoms with Crippen molar-refractivity contribution in [1.29, 1.82) is 0 Å². The van der Waals surface area contributed by atoms with Crippen LogP contribution in [0, 0.1) is 0 Å². The zero-order valence-corrected chi connectivity index (χ0v) is 7.04. The maximum atomic E-state index is 5.16. The number of aromatic nitrogens is 3. The minimum Gasteiger partial charge on any atom is -0.443 e. The lowest BCUT2D eigenvalue weighted by Crippen LogP contribution is -1.77. The molecule has 0 saturated heterocycles. The standard InChI is InChI=1S/C9H5N3O2/c1-2-7-8(13-4-10-7)3-6(1)9-12-11-5-14-9/h1-5H. The SMILES string of the molecule is c1nnc(-c2ccc3ncoc3c2)o1. The van der Waals surface area contributed by atoms with Gasteiger partial charge >= 0.3 is 0 Å². The van der Waals surface area contributed by atoms with Crippen molar-refractivity contribution in [3.63, 3.8) is 0 Å². The average molecular weight is 187 g/mol. The van der Waals surface area contributed by atoms with E-state index in [1.165, 1.54) is 12.8 Å². The Hall–Kier alpha value is -2.17. The predicted octanol–water partition coefficient (Wildman–Crippen LogP) is 1.88. The molecule has 0 N–H and O–H groups in total. The Labute approximate surface area is 78.4 Å². The van der Waals surface area contributed by atoms with Crippen LogP contribution >= 0.6 is 0 Å². The second kappa shape index (κ2) is 2.66. The summed E-state index contributed by atoms with van der Waals surface area (Å²) >= 11 is 0. The molecule has 0 radical (unpaired) electrons. The van der Waals surface area contributed by atoms with E-state index in [1.807, 2.05) is 18.2 Å². The van der Waals surface area contributed by atoms with Crippen LogP contribution in [0.4, 0.5) is 0 Å². The van der Waals surface area contributed by atoms with Gasteiger partial charge in [0.1, 0.15) is 5.52 Å². The van der Waals surface area contributed by atoms with Crippen LogP contribution in [-0.4, -0.2) is 15.2 Å². The molecule has 0 saturated carbocycles. The maximum absolute atomic E-state index is 5.16. The number of hydrogen-bond acceptors (Lipinski definition) is 5. The number of fused-ring (bicyclic) bond motifs is 1. The zero-order chi connectivity index (χ0) is 9.38. The molecule has 2 aromatic heterocycles. The Kier molecular flexibility index (Phi) is 1.38. The van der Waals surface area contributed by atoms with Gasteiger partial charge in [0.05, 0.1) is 0 Å². The van der Waals surface area contributed by atoms with Gasteiger partial charge in [0.15, 0.2) is 12.0 Å². The summed E-state index contributed by atoms with van der Waals surface area (Å²) in [6.07, 6.45) is 2.70. The van der Waals surface area contributed by atoms with E-state index < -0.39 is 0 Å².